The maximum absolute atomic E-state index is 12.4. The number of hydrogen-bond acceptors (Lipinski definition) is 4. The minimum absolute atomic E-state index is 0.328. The molecule has 0 aliphatic rings. The zero-order valence-corrected chi connectivity index (χ0v) is 12.9. The van der Waals surface area contributed by atoms with Gasteiger partial charge in [-0.2, -0.15) is 21.6 Å². The van der Waals surface area contributed by atoms with Gasteiger partial charge in [-0.1, -0.05) is 0 Å². The predicted octanol–water partition coefficient (Wildman–Crippen LogP) is 2.98. The van der Waals surface area contributed by atoms with Crippen LogP contribution >= 0.6 is 10.0 Å². The van der Waals surface area contributed by atoms with Crippen molar-refractivity contribution >= 4 is 20.1 Å². The molecule has 0 saturated heterocycles. The second-order valence-electron chi connectivity index (χ2n) is 4.63. The van der Waals surface area contributed by atoms with Crippen LogP contribution in [0, 0.1) is 0 Å². The Balaban J connectivity index is 3.33. The fraction of sp³-hybridized carbons (Fsp3) is 0.455. The Labute approximate surface area is 117 Å². The van der Waals surface area contributed by atoms with E-state index in [4.69, 9.17) is 4.74 Å². The zero-order valence-electron chi connectivity index (χ0n) is 11.3. The van der Waals surface area contributed by atoms with Crippen LogP contribution in [0.4, 0.5) is 13.2 Å². The number of rotatable bonds is 4. The third kappa shape index (κ3) is 3.72. The van der Waals surface area contributed by atoms with Gasteiger partial charge in [-0.15, -0.1) is 0 Å². The van der Waals surface area contributed by atoms with Crippen molar-refractivity contribution < 1.29 is 30.5 Å². The van der Waals surface area contributed by atoms with Gasteiger partial charge < -0.3 is 8.92 Å². The van der Waals surface area contributed by atoms with Gasteiger partial charge in [0, 0.05) is 4.90 Å². The molecule has 20 heavy (non-hydrogen) atoms. The van der Waals surface area contributed by atoms with Crippen molar-refractivity contribution in [2.75, 3.05) is 25.9 Å². The molecule has 0 saturated carbocycles. The first kappa shape index (κ1) is 17.0. The number of alkyl halides is 3. The average molecular weight is 332 g/mol. The monoisotopic (exact) mass is 332 g/mol. The summed E-state index contributed by atoms with van der Waals surface area (Å²) in [5.74, 6) is 0.0878. The van der Waals surface area contributed by atoms with Gasteiger partial charge in [-0.05, 0) is 37.0 Å². The number of ether oxygens (including phenoxy) is 1. The first-order chi connectivity index (χ1) is 8.88. The second kappa shape index (κ2) is 5.36. The Bertz CT molecular complexity index is 589. The molecule has 0 bridgehead atoms. The number of halogens is 3. The maximum Gasteiger partial charge on any atom is 0.534 e. The number of hydrogen-bond donors (Lipinski definition) is 0. The van der Waals surface area contributed by atoms with Gasteiger partial charge in [-0.3, -0.25) is 0 Å². The lowest BCUT2D eigenvalue weighted by atomic mass is 10.3. The first-order valence-electron chi connectivity index (χ1n) is 5.25. The van der Waals surface area contributed by atoms with Crippen molar-refractivity contribution in [3.63, 3.8) is 0 Å². The van der Waals surface area contributed by atoms with Gasteiger partial charge in [0.15, 0.2) is 5.75 Å². The van der Waals surface area contributed by atoms with Crippen molar-refractivity contribution in [1.29, 1.82) is 0 Å². The van der Waals surface area contributed by atoms with Gasteiger partial charge in [0.05, 0.1) is 7.11 Å². The van der Waals surface area contributed by atoms with Crippen LogP contribution in [0.5, 0.6) is 11.5 Å². The lowest BCUT2D eigenvalue weighted by molar-refractivity contribution is -0.0500. The molecule has 0 aliphatic heterocycles. The Kier molecular flexibility index (Phi) is 4.55. The van der Waals surface area contributed by atoms with E-state index in [9.17, 15) is 21.6 Å². The van der Waals surface area contributed by atoms with Crippen molar-refractivity contribution in [3.8, 4) is 11.5 Å². The van der Waals surface area contributed by atoms with Crippen molar-refractivity contribution in [2.24, 2.45) is 0 Å². The maximum atomic E-state index is 12.4. The molecule has 0 radical (unpaired) electrons. The fourth-order valence-corrected chi connectivity index (χ4v) is 3.04. The highest BCUT2D eigenvalue weighted by atomic mass is 32.3. The van der Waals surface area contributed by atoms with Crippen LogP contribution < -0.4 is 8.92 Å². The van der Waals surface area contributed by atoms with E-state index in [2.05, 4.69) is 4.18 Å². The fourth-order valence-electron chi connectivity index (χ4n) is 1.33. The van der Waals surface area contributed by atoms with Crippen LogP contribution in [0.3, 0.4) is 0 Å². The van der Waals surface area contributed by atoms with Gasteiger partial charge in [0.2, 0.25) is 0 Å². The minimum atomic E-state index is -5.68. The molecule has 0 amide bonds. The highest BCUT2D eigenvalue weighted by Gasteiger charge is 2.49. The van der Waals surface area contributed by atoms with Crippen LogP contribution in [-0.2, 0) is 10.1 Å². The molecule has 0 fully saturated rings. The lowest BCUT2D eigenvalue weighted by Crippen LogP contribution is -2.28. The van der Waals surface area contributed by atoms with E-state index in [1.807, 2.05) is 0 Å². The van der Waals surface area contributed by atoms with Gasteiger partial charge in [0.1, 0.15) is 5.75 Å². The van der Waals surface area contributed by atoms with E-state index in [0.717, 1.165) is 6.07 Å². The van der Waals surface area contributed by atoms with Crippen LogP contribution in [0.1, 0.15) is 0 Å². The Morgan fingerprint density at radius 2 is 1.65 bits per heavy atom. The molecule has 0 N–H and O–H groups in total. The van der Waals surface area contributed by atoms with Crippen molar-refractivity contribution in [2.45, 2.75) is 10.4 Å². The summed E-state index contributed by atoms with van der Waals surface area (Å²) in [6.45, 7) is 0. The number of benzene rings is 1. The summed E-state index contributed by atoms with van der Waals surface area (Å²) in [5.41, 5.74) is -5.46. The third-order valence-corrected chi connectivity index (χ3v) is 4.90. The Hall–Kier alpha value is -1.09. The summed E-state index contributed by atoms with van der Waals surface area (Å²) in [6, 6.07) is 3.99. The first-order valence-corrected chi connectivity index (χ1v) is 9.52. The summed E-state index contributed by atoms with van der Waals surface area (Å²) in [6.07, 6.45) is 5.40. The molecular formula is C11H15F3O4S2. The number of methoxy groups -OCH3 is 1. The average Bonchev–Trinajstić information content (AvgIpc) is 2.26. The SMILES string of the molecule is COc1ccc(OS(=O)(=O)C(F)(F)F)c(S(C)(C)C)c1. The molecule has 9 heteroatoms. The largest absolute Gasteiger partial charge is 0.534 e. The summed E-state index contributed by atoms with van der Waals surface area (Å²) < 4.78 is 68.5. The van der Waals surface area contributed by atoms with E-state index in [1.54, 1.807) is 18.8 Å². The molecule has 1 aromatic carbocycles. The Morgan fingerprint density at radius 1 is 1.10 bits per heavy atom. The van der Waals surface area contributed by atoms with E-state index < -0.39 is 25.7 Å². The molecule has 0 atom stereocenters. The minimum Gasteiger partial charge on any atom is -0.497 e. The van der Waals surface area contributed by atoms with Gasteiger partial charge in [-0.25, -0.2) is 10.0 Å². The highest BCUT2D eigenvalue weighted by molar-refractivity contribution is 8.32. The quantitative estimate of drug-likeness (QED) is 0.628. The molecule has 0 unspecified atom stereocenters. The van der Waals surface area contributed by atoms with Crippen LogP contribution in [-0.4, -0.2) is 39.8 Å². The van der Waals surface area contributed by atoms with Gasteiger partial charge in [0.25, 0.3) is 0 Å². The Morgan fingerprint density at radius 3 is 2.05 bits per heavy atom. The van der Waals surface area contributed by atoms with Crippen molar-refractivity contribution in [3.05, 3.63) is 18.2 Å². The summed E-state index contributed by atoms with van der Waals surface area (Å²) in [7, 11) is -5.79. The lowest BCUT2D eigenvalue weighted by Gasteiger charge is -2.28. The second-order valence-corrected chi connectivity index (χ2v) is 10.3. The van der Waals surface area contributed by atoms with Crippen molar-refractivity contribution in [1.82, 2.24) is 0 Å². The highest BCUT2D eigenvalue weighted by Crippen LogP contribution is 2.51. The van der Waals surface area contributed by atoms with Crippen LogP contribution in [0.25, 0.3) is 0 Å². The smallest absolute Gasteiger partial charge is 0.497 e. The van der Waals surface area contributed by atoms with E-state index in [-0.39, 0.29) is 5.75 Å². The van der Waals surface area contributed by atoms with Crippen LogP contribution in [0.2, 0.25) is 0 Å². The van der Waals surface area contributed by atoms with Gasteiger partial charge >= 0.3 is 15.6 Å². The standard InChI is InChI=1S/C11H15F3O4S2/c1-17-8-5-6-9(10(7-8)19(2,3)4)18-20(15,16)11(12,13)14/h5-7H,1-4H3. The van der Waals surface area contributed by atoms with Crippen LogP contribution in [0.15, 0.2) is 23.1 Å². The molecule has 1 rings (SSSR count). The zero-order chi connectivity index (χ0) is 15.8. The normalized spacial score (nSPS) is 13.9. The molecule has 0 heterocycles. The van der Waals surface area contributed by atoms with E-state index >= 15 is 0 Å². The summed E-state index contributed by atoms with van der Waals surface area (Å²) in [5, 5.41) is 0. The predicted molar refractivity (Wildman–Crippen MR) is 72.2 cm³/mol. The molecular weight excluding hydrogens is 317 g/mol. The third-order valence-electron chi connectivity index (χ3n) is 2.29. The molecule has 116 valence electrons. The summed E-state index contributed by atoms with van der Waals surface area (Å²) in [4.78, 5) is 0.379. The molecule has 0 aliphatic carbocycles. The topological polar surface area (TPSA) is 52.6 Å². The molecule has 0 aromatic heterocycles. The summed E-state index contributed by atoms with van der Waals surface area (Å²) >= 11 is 0. The van der Waals surface area contributed by atoms with E-state index in [1.165, 1.54) is 19.2 Å². The van der Waals surface area contributed by atoms with E-state index in [0.29, 0.717) is 10.6 Å². The molecule has 4 nitrogen and oxygen atoms in total. The molecule has 0 spiro atoms. The molecule has 1 aromatic rings.